The third-order valence-electron chi connectivity index (χ3n) is 3.84. The lowest BCUT2D eigenvalue weighted by molar-refractivity contribution is 0.886. The molecule has 0 fully saturated rings. The van der Waals surface area contributed by atoms with E-state index in [2.05, 4.69) is 72.8 Å². The lowest BCUT2D eigenvalue weighted by Gasteiger charge is -2.34. The Labute approximate surface area is 144 Å². The highest BCUT2D eigenvalue weighted by atomic mass is 79.9. The molecule has 0 spiro atoms. The van der Waals surface area contributed by atoms with Gasteiger partial charge in [0.2, 0.25) is 0 Å². The maximum absolute atomic E-state index is 6.33. The lowest BCUT2D eigenvalue weighted by atomic mass is 9.84. The number of benzene rings is 3. The molecule has 0 radical (unpaired) electrons. The van der Waals surface area contributed by atoms with Gasteiger partial charge in [-0.3, -0.25) is 0 Å². The summed E-state index contributed by atoms with van der Waals surface area (Å²) in [5.41, 5.74) is 10.0. The fourth-order valence-corrected chi connectivity index (χ4v) is 3.81. The molecular formula is C19H19BrNP. The molecule has 0 aliphatic rings. The SMILES string of the molecule is Br.NPC(c1ccccc1)(c1ccccc1)c1ccccc1. The van der Waals surface area contributed by atoms with E-state index in [0.29, 0.717) is 0 Å². The highest BCUT2D eigenvalue weighted by Gasteiger charge is 2.34. The van der Waals surface area contributed by atoms with Crippen LogP contribution in [0.1, 0.15) is 16.7 Å². The smallest absolute Gasteiger partial charge is 0.0752 e. The predicted octanol–water partition coefficient (Wildman–Crippen LogP) is 5.11. The van der Waals surface area contributed by atoms with Crippen LogP contribution in [0.2, 0.25) is 0 Å². The zero-order chi connectivity index (χ0) is 14.5. The summed E-state index contributed by atoms with van der Waals surface area (Å²) in [7, 11) is 0.251. The Hall–Kier alpha value is -1.47. The molecule has 1 nitrogen and oxygen atoms in total. The number of hydrogen-bond donors (Lipinski definition) is 1. The van der Waals surface area contributed by atoms with Crippen LogP contribution in [-0.4, -0.2) is 0 Å². The summed E-state index contributed by atoms with van der Waals surface area (Å²) >= 11 is 0. The van der Waals surface area contributed by atoms with Gasteiger partial charge in [-0.25, -0.2) is 0 Å². The van der Waals surface area contributed by atoms with Crippen molar-refractivity contribution < 1.29 is 0 Å². The van der Waals surface area contributed by atoms with E-state index in [9.17, 15) is 0 Å². The highest BCUT2D eigenvalue weighted by molar-refractivity contribution is 8.93. The Balaban J connectivity index is 0.00000176. The fraction of sp³-hybridized carbons (Fsp3) is 0.0526. The lowest BCUT2D eigenvalue weighted by Crippen LogP contribution is -2.25. The van der Waals surface area contributed by atoms with Gasteiger partial charge in [-0.15, -0.1) is 17.0 Å². The van der Waals surface area contributed by atoms with Crippen LogP contribution < -0.4 is 5.50 Å². The van der Waals surface area contributed by atoms with Gasteiger partial charge in [0.05, 0.1) is 5.16 Å². The molecule has 0 bridgehead atoms. The molecule has 2 N–H and O–H groups in total. The van der Waals surface area contributed by atoms with Gasteiger partial charge in [-0.05, 0) is 25.4 Å². The quantitative estimate of drug-likeness (QED) is 0.500. The first-order valence-corrected chi connectivity index (χ1v) is 8.10. The van der Waals surface area contributed by atoms with Gasteiger partial charge >= 0.3 is 0 Å². The monoisotopic (exact) mass is 371 g/mol. The van der Waals surface area contributed by atoms with Gasteiger partial charge in [0.15, 0.2) is 0 Å². The van der Waals surface area contributed by atoms with E-state index in [0.717, 1.165) is 0 Å². The Morgan fingerprint density at radius 3 is 1.05 bits per heavy atom. The molecule has 22 heavy (non-hydrogen) atoms. The summed E-state index contributed by atoms with van der Waals surface area (Å²) in [6.07, 6.45) is 0. The molecule has 3 aromatic carbocycles. The van der Waals surface area contributed by atoms with Crippen LogP contribution in [0.5, 0.6) is 0 Å². The zero-order valence-corrected chi connectivity index (χ0v) is 14.9. The molecule has 3 rings (SSSR count). The molecule has 1 unspecified atom stereocenters. The molecule has 1 atom stereocenters. The van der Waals surface area contributed by atoms with Gasteiger partial charge in [0.1, 0.15) is 0 Å². The summed E-state index contributed by atoms with van der Waals surface area (Å²) in [5.74, 6) is 0. The minimum Gasteiger partial charge on any atom is -0.311 e. The van der Waals surface area contributed by atoms with Crippen LogP contribution in [-0.2, 0) is 5.16 Å². The average molecular weight is 372 g/mol. The Kier molecular flexibility index (Phi) is 5.90. The van der Waals surface area contributed by atoms with E-state index < -0.39 is 0 Å². The third-order valence-corrected chi connectivity index (χ3v) is 5.14. The second kappa shape index (κ2) is 7.69. The first-order valence-electron chi connectivity index (χ1n) is 7.02. The van der Waals surface area contributed by atoms with Gasteiger partial charge in [-0.1, -0.05) is 91.0 Å². The van der Waals surface area contributed by atoms with Crippen molar-refractivity contribution in [1.82, 2.24) is 0 Å². The minimum absolute atomic E-state index is 0. The van der Waals surface area contributed by atoms with Gasteiger partial charge in [0, 0.05) is 0 Å². The molecule has 0 aliphatic carbocycles. The van der Waals surface area contributed by atoms with Crippen molar-refractivity contribution in [1.29, 1.82) is 0 Å². The van der Waals surface area contributed by atoms with Gasteiger partial charge < -0.3 is 5.50 Å². The van der Waals surface area contributed by atoms with Crippen LogP contribution in [0.15, 0.2) is 91.0 Å². The summed E-state index contributed by atoms with van der Waals surface area (Å²) in [4.78, 5) is 0. The Bertz CT molecular complexity index is 590. The van der Waals surface area contributed by atoms with Crippen molar-refractivity contribution in [3.8, 4) is 0 Å². The fourth-order valence-electron chi connectivity index (χ4n) is 2.81. The molecule has 0 aromatic heterocycles. The van der Waals surface area contributed by atoms with E-state index in [1.54, 1.807) is 0 Å². The molecule has 3 heteroatoms. The Morgan fingerprint density at radius 1 is 0.545 bits per heavy atom. The van der Waals surface area contributed by atoms with Gasteiger partial charge in [-0.2, -0.15) is 0 Å². The van der Waals surface area contributed by atoms with Crippen LogP contribution in [0, 0.1) is 0 Å². The molecule has 0 amide bonds. The largest absolute Gasteiger partial charge is 0.311 e. The summed E-state index contributed by atoms with van der Waals surface area (Å²) in [6, 6.07) is 31.6. The third kappa shape index (κ3) is 3.01. The summed E-state index contributed by atoms with van der Waals surface area (Å²) < 4.78 is 0. The van der Waals surface area contributed by atoms with Crippen molar-refractivity contribution in [2.45, 2.75) is 5.16 Å². The summed E-state index contributed by atoms with van der Waals surface area (Å²) in [5, 5.41) is -0.274. The maximum atomic E-state index is 6.33. The molecule has 112 valence electrons. The number of nitrogens with two attached hydrogens (primary N) is 1. The van der Waals surface area contributed by atoms with Crippen LogP contribution in [0.25, 0.3) is 0 Å². The van der Waals surface area contributed by atoms with Crippen molar-refractivity contribution in [3.05, 3.63) is 108 Å². The zero-order valence-electron chi connectivity index (χ0n) is 12.1. The normalized spacial score (nSPS) is 11.3. The van der Waals surface area contributed by atoms with Crippen molar-refractivity contribution >= 4 is 25.7 Å². The van der Waals surface area contributed by atoms with Crippen molar-refractivity contribution in [2.24, 2.45) is 5.50 Å². The topological polar surface area (TPSA) is 26.0 Å². The van der Waals surface area contributed by atoms with E-state index in [1.165, 1.54) is 16.7 Å². The molecule has 3 aromatic rings. The Morgan fingerprint density at radius 2 is 0.818 bits per heavy atom. The van der Waals surface area contributed by atoms with Crippen molar-refractivity contribution in [2.75, 3.05) is 0 Å². The molecule has 0 aliphatic heterocycles. The van der Waals surface area contributed by atoms with Crippen molar-refractivity contribution in [3.63, 3.8) is 0 Å². The summed E-state index contributed by atoms with van der Waals surface area (Å²) in [6.45, 7) is 0. The highest BCUT2D eigenvalue weighted by Crippen LogP contribution is 2.48. The first kappa shape index (κ1) is 16.9. The molecule has 0 saturated carbocycles. The van der Waals surface area contributed by atoms with Crippen LogP contribution in [0.4, 0.5) is 0 Å². The number of hydrogen-bond acceptors (Lipinski definition) is 1. The van der Waals surface area contributed by atoms with E-state index in [-0.39, 0.29) is 30.9 Å². The molecular weight excluding hydrogens is 353 g/mol. The van der Waals surface area contributed by atoms with E-state index >= 15 is 0 Å². The molecule has 0 heterocycles. The maximum Gasteiger partial charge on any atom is 0.0752 e. The average Bonchev–Trinajstić information content (AvgIpc) is 2.59. The predicted molar refractivity (Wildman–Crippen MR) is 102 cm³/mol. The molecule has 0 saturated heterocycles. The number of rotatable bonds is 4. The standard InChI is InChI=1S/C19H18NP.BrH/c20-21-19(16-10-4-1-5-11-16,17-12-6-2-7-13-17)18-14-8-3-9-15-18;/h1-15,21H,20H2;1H. The minimum atomic E-state index is -0.274. The van der Waals surface area contributed by atoms with Crippen LogP contribution >= 0.6 is 25.7 Å². The van der Waals surface area contributed by atoms with E-state index in [4.69, 9.17) is 5.50 Å². The van der Waals surface area contributed by atoms with Gasteiger partial charge in [0.25, 0.3) is 0 Å². The van der Waals surface area contributed by atoms with E-state index in [1.807, 2.05) is 18.2 Å². The second-order valence-corrected chi connectivity index (χ2v) is 6.03. The second-order valence-electron chi connectivity index (χ2n) is 4.99. The number of halogens is 1. The first-order chi connectivity index (χ1) is 10.4. The van der Waals surface area contributed by atoms with Crippen LogP contribution in [0.3, 0.4) is 0 Å².